The smallest absolute Gasteiger partial charge is 0.272 e. The van der Waals surface area contributed by atoms with Crippen LogP contribution in [0.15, 0.2) is 44.0 Å². The zero-order valence-corrected chi connectivity index (χ0v) is 14.3. The summed E-state index contributed by atoms with van der Waals surface area (Å²) in [5.74, 6) is -0.409. The Morgan fingerprint density at radius 1 is 1.33 bits per heavy atom. The fourth-order valence-corrected chi connectivity index (χ4v) is 2.60. The van der Waals surface area contributed by atoms with Crippen molar-refractivity contribution in [2.45, 2.75) is 11.9 Å². The van der Waals surface area contributed by atoms with E-state index in [9.17, 15) is 14.4 Å². The van der Waals surface area contributed by atoms with E-state index in [0.29, 0.717) is 0 Å². The predicted molar refractivity (Wildman–Crippen MR) is 92.4 cm³/mol. The SMILES string of the molecule is Cc1ccccc1/C=N\NC(=O)CSc1nn(C)c(=O)n(C)c1=O. The lowest BCUT2D eigenvalue weighted by atomic mass is 10.1. The molecule has 0 saturated carbocycles. The Labute approximate surface area is 142 Å². The number of thioether (sulfide) groups is 1. The molecule has 0 aliphatic rings. The molecule has 0 fully saturated rings. The van der Waals surface area contributed by atoms with Crippen LogP contribution < -0.4 is 16.7 Å². The number of amides is 1. The van der Waals surface area contributed by atoms with Crippen molar-refractivity contribution in [3.05, 3.63) is 56.2 Å². The zero-order valence-electron chi connectivity index (χ0n) is 13.5. The Bertz CT molecular complexity index is 901. The highest BCUT2D eigenvalue weighted by atomic mass is 32.2. The van der Waals surface area contributed by atoms with E-state index in [0.717, 1.165) is 32.1 Å². The summed E-state index contributed by atoms with van der Waals surface area (Å²) in [6.07, 6.45) is 1.56. The molecule has 2 aromatic rings. The normalized spacial score (nSPS) is 11.0. The van der Waals surface area contributed by atoms with Gasteiger partial charge in [-0.1, -0.05) is 36.0 Å². The van der Waals surface area contributed by atoms with Gasteiger partial charge in [-0.15, -0.1) is 0 Å². The molecular formula is C15H17N5O3S. The molecule has 1 amide bonds. The van der Waals surface area contributed by atoms with Gasteiger partial charge in [0.15, 0.2) is 5.03 Å². The molecule has 126 valence electrons. The predicted octanol–water partition coefficient (Wildman–Crippen LogP) is 0.0298. The number of carbonyl (C=O) groups is 1. The zero-order chi connectivity index (χ0) is 17.7. The minimum absolute atomic E-state index is 0.0362. The molecule has 8 nitrogen and oxygen atoms in total. The van der Waals surface area contributed by atoms with Crippen molar-refractivity contribution in [1.82, 2.24) is 19.8 Å². The lowest BCUT2D eigenvalue weighted by Gasteiger charge is -2.04. The van der Waals surface area contributed by atoms with Gasteiger partial charge in [0, 0.05) is 14.1 Å². The number of aromatic nitrogens is 3. The third-order valence-corrected chi connectivity index (χ3v) is 4.15. The number of hydrogen-bond acceptors (Lipinski definition) is 6. The summed E-state index contributed by atoms with van der Waals surface area (Å²) in [5.41, 5.74) is 3.29. The summed E-state index contributed by atoms with van der Waals surface area (Å²) >= 11 is 0.951. The highest BCUT2D eigenvalue weighted by Crippen LogP contribution is 2.08. The first kappa shape index (κ1) is 17.7. The van der Waals surface area contributed by atoms with Crippen molar-refractivity contribution in [3.63, 3.8) is 0 Å². The molecule has 0 bridgehead atoms. The highest BCUT2D eigenvalue weighted by molar-refractivity contribution is 7.99. The third kappa shape index (κ3) is 4.19. The van der Waals surface area contributed by atoms with Crippen molar-refractivity contribution < 1.29 is 4.79 Å². The molecule has 0 atom stereocenters. The van der Waals surface area contributed by atoms with Crippen LogP contribution in [-0.4, -0.2) is 32.2 Å². The Morgan fingerprint density at radius 3 is 2.75 bits per heavy atom. The van der Waals surface area contributed by atoms with Crippen molar-refractivity contribution in [2.75, 3.05) is 5.75 Å². The van der Waals surface area contributed by atoms with E-state index < -0.39 is 11.2 Å². The topological polar surface area (TPSA) is 98.3 Å². The van der Waals surface area contributed by atoms with E-state index in [-0.39, 0.29) is 16.7 Å². The Kier molecular flexibility index (Phi) is 5.69. The molecule has 9 heteroatoms. The molecule has 0 saturated heterocycles. The van der Waals surface area contributed by atoms with Crippen molar-refractivity contribution >= 4 is 23.9 Å². The second kappa shape index (κ2) is 7.73. The largest absolute Gasteiger partial charge is 0.346 e. The fraction of sp³-hybridized carbons (Fsp3) is 0.267. The summed E-state index contributed by atoms with van der Waals surface area (Å²) in [7, 11) is 2.81. The van der Waals surface area contributed by atoms with E-state index in [4.69, 9.17) is 0 Å². The monoisotopic (exact) mass is 347 g/mol. The third-order valence-electron chi connectivity index (χ3n) is 3.21. The Hall–Kier alpha value is -2.68. The number of hydrazone groups is 1. The maximum Gasteiger partial charge on any atom is 0.346 e. The van der Waals surface area contributed by atoms with Gasteiger partial charge in [-0.05, 0) is 18.1 Å². The number of aryl methyl sites for hydroxylation is 2. The van der Waals surface area contributed by atoms with Crippen LogP contribution in [0, 0.1) is 6.92 Å². The van der Waals surface area contributed by atoms with Gasteiger partial charge in [0.1, 0.15) is 0 Å². The van der Waals surface area contributed by atoms with Gasteiger partial charge in [0.2, 0.25) is 5.91 Å². The second-order valence-electron chi connectivity index (χ2n) is 5.01. The molecule has 1 aromatic heterocycles. The van der Waals surface area contributed by atoms with Gasteiger partial charge in [-0.3, -0.25) is 14.2 Å². The fourth-order valence-electron chi connectivity index (χ4n) is 1.83. The van der Waals surface area contributed by atoms with Gasteiger partial charge in [0.05, 0.1) is 12.0 Å². The van der Waals surface area contributed by atoms with E-state index in [2.05, 4.69) is 15.6 Å². The van der Waals surface area contributed by atoms with Crippen LogP contribution in [0.3, 0.4) is 0 Å². The molecule has 0 aliphatic carbocycles. The van der Waals surface area contributed by atoms with Crippen molar-refractivity contribution in [1.29, 1.82) is 0 Å². The van der Waals surface area contributed by atoms with Crippen LogP contribution in [0.4, 0.5) is 0 Å². The van der Waals surface area contributed by atoms with Crippen LogP contribution >= 0.6 is 11.8 Å². The maximum absolute atomic E-state index is 11.9. The molecule has 24 heavy (non-hydrogen) atoms. The molecule has 2 rings (SSSR count). The molecule has 0 radical (unpaired) electrons. The number of rotatable bonds is 5. The van der Waals surface area contributed by atoms with E-state index in [1.54, 1.807) is 6.21 Å². The van der Waals surface area contributed by atoms with E-state index in [1.165, 1.54) is 14.1 Å². The first-order chi connectivity index (χ1) is 11.4. The summed E-state index contributed by atoms with van der Waals surface area (Å²) in [6.45, 7) is 1.94. The molecule has 1 heterocycles. The molecular weight excluding hydrogens is 330 g/mol. The number of benzene rings is 1. The number of nitrogens with one attached hydrogen (secondary N) is 1. The number of carbonyl (C=O) groups excluding carboxylic acids is 1. The summed E-state index contributed by atoms with van der Waals surface area (Å²) < 4.78 is 2.00. The van der Waals surface area contributed by atoms with Gasteiger partial charge in [-0.25, -0.2) is 14.9 Å². The summed E-state index contributed by atoms with van der Waals surface area (Å²) in [5, 5.41) is 7.83. The van der Waals surface area contributed by atoms with Crippen LogP contribution in [-0.2, 0) is 18.9 Å². The number of nitrogens with zero attached hydrogens (tertiary/aromatic N) is 4. The van der Waals surface area contributed by atoms with Crippen LogP contribution in [0.1, 0.15) is 11.1 Å². The van der Waals surface area contributed by atoms with Gasteiger partial charge < -0.3 is 0 Å². The minimum Gasteiger partial charge on any atom is -0.272 e. The molecule has 1 aromatic carbocycles. The molecule has 0 aliphatic heterocycles. The van der Waals surface area contributed by atoms with E-state index >= 15 is 0 Å². The van der Waals surface area contributed by atoms with Gasteiger partial charge in [0.25, 0.3) is 5.56 Å². The van der Waals surface area contributed by atoms with Gasteiger partial charge in [-0.2, -0.15) is 10.2 Å². The summed E-state index contributed by atoms with van der Waals surface area (Å²) in [6, 6.07) is 7.63. The average Bonchev–Trinajstić information content (AvgIpc) is 2.57. The second-order valence-corrected chi connectivity index (χ2v) is 5.98. The van der Waals surface area contributed by atoms with Crippen LogP contribution in [0.25, 0.3) is 0 Å². The summed E-state index contributed by atoms with van der Waals surface area (Å²) in [4.78, 5) is 35.2. The first-order valence-corrected chi connectivity index (χ1v) is 8.03. The molecule has 0 spiro atoms. The minimum atomic E-state index is -0.528. The standard InChI is InChI=1S/C15H17N5O3S/c1-10-6-4-5-7-11(10)8-16-17-12(21)9-24-13-14(22)19(2)15(23)20(3)18-13/h4-8H,9H2,1-3H3,(H,17,21)/b16-8-. The first-order valence-electron chi connectivity index (χ1n) is 7.05. The molecule has 0 unspecified atom stereocenters. The van der Waals surface area contributed by atoms with Crippen molar-refractivity contribution in [2.24, 2.45) is 19.2 Å². The van der Waals surface area contributed by atoms with E-state index in [1.807, 2.05) is 31.2 Å². The maximum atomic E-state index is 11.9. The average molecular weight is 347 g/mol. The lowest BCUT2D eigenvalue weighted by Crippen LogP contribution is -2.39. The Balaban J connectivity index is 1.96. The van der Waals surface area contributed by atoms with Crippen LogP contribution in [0.2, 0.25) is 0 Å². The van der Waals surface area contributed by atoms with Crippen molar-refractivity contribution in [3.8, 4) is 0 Å². The highest BCUT2D eigenvalue weighted by Gasteiger charge is 2.11. The molecule has 1 N–H and O–H groups in total. The number of hydrogen-bond donors (Lipinski definition) is 1. The van der Waals surface area contributed by atoms with Gasteiger partial charge >= 0.3 is 5.69 Å². The lowest BCUT2D eigenvalue weighted by molar-refractivity contribution is -0.118. The Morgan fingerprint density at radius 2 is 2.04 bits per heavy atom. The quantitative estimate of drug-likeness (QED) is 0.467. The van der Waals surface area contributed by atoms with Crippen LogP contribution in [0.5, 0.6) is 0 Å².